The lowest BCUT2D eigenvalue weighted by molar-refractivity contribution is -0.162. The third-order valence-electron chi connectivity index (χ3n) is 4.65. The number of carboxylic acid groups (broad SMARTS) is 1. The zero-order valence-corrected chi connectivity index (χ0v) is 18.1. The van der Waals surface area contributed by atoms with Gasteiger partial charge in [-0.15, -0.1) is 0 Å². The summed E-state index contributed by atoms with van der Waals surface area (Å²) < 4.78 is 16.1. The van der Waals surface area contributed by atoms with Gasteiger partial charge in [0, 0.05) is 25.1 Å². The Morgan fingerprint density at radius 1 is 1.12 bits per heavy atom. The first kappa shape index (κ1) is 23.4. The molecule has 0 saturated heterocycles. The van der Waals surface area contributed by atoms with Gasteiger partial charge >= 0.3 is 11.9 Å². The fourth-order valence-electron chi connectivity index (χ4n) is 3.14. The molecule has 0 bridgehead atoms. The van der Waals surface area contributed by atoms with E-state index >= 15 is 0 Å². The summed E-state index contributed by atoms with van der Waals surface area (Å²) in [4.78, 5) is 42.8. The maximum Gasteiger partial charge on any atom is 0.345 e. The first-order valence-corrected chi connectivity index (χ1v) is 9.97. The molecule has 0 aliphatic heterocycles. The van der Waals surface area contributed by atoms with Crippen molar-refractivity contribution in [2.75, 3.05) is 7.11 Å². The lowest BCUT2D eigenvalue weighted by Crippen LogP contribution is -2.28. The fraction of sp³-hybridized carbons (Fsp3) is 0.208. The van der Waals surface area contributed by atoms with Gasteiger partial charge in [0.25, 0.3) is 0 Å². The average molecular weight is 450 g/mol. The van der Waals surface area contributed by atoms with E-state index in [1.54, 1.807) is 31.5 Å². The highest BCUT2D eigenvalue weighted by atomic mass is 16.6. The number of carboxylic acids is 1. The van der Waals surface area contributed by atoms with Gasteiger partial charge in [-0.25, -0.2) is 14.8 Å². The Bertz CT molecular complexity index is 1160. The van der Waals surface area contributed by atoms with E-state index in [1.165, 1.54) is 6.07 Å². The number of aldehydes is 1. The van der Waals surface area contributed by atoms with E-state index in [2.05, 4.69) is 9.97 Å². The number of methoxy groups -OCH3 is 1. The van der Waals surface area contributed by atoms with Crippen molar-refractivity contribution in [2.45, 2.75) is 26.1 Å². The van der Waals surface area contributed by atoms with Crippen LogP contribution < -0.4 is 9.47 Å². The molecule has 1 N–H and O–H groups in total. The zero-order chi connectivity index (χ0) is 23.8. The van der Waals surface area contributed by atoms with Gasteiger partial charge in [0.2, 0.25) is 6.10 Å². The summed E-state index contributed by atoms with van der Waals surface area (Å²) in [6.45, 7) is 1.19. The maximum absolute atomic E-state index is 11.5. The minimum Gasteiger partial charge on any atom is -0.496 e. The second kappa shape index (κ2) is 10.9. The highest BCUT2D eigenvalue weighted by Gasteiger charge is 2.23. The molecule has 1 atom stereocenters. The van der Waals surface area contributed by atoms with Gasteiger partial charge in [0.05, 0.1) is 18.4 Å². The molecule has 0 fully saturated rings. The molecule has 170 valence electrons. The first-order valence-electron chi connectivity index (χ1n) is 9.97. The molecule has 1 heterocycles. The number of nitrogens with zero attached hydrogens (tertiary/aromatic N) is 2. The highest BCUT2D eigenvalue weighted by Crippen LogP contribution is 2.27. The highest BCUT2D eigenvalue weighted by molar-refractivity contribution is 5.78. The standard InChI is InChI=1S/C24H22N2O7/c1-15(28)33-22(24(29)30)12-17-11-16(13-27)7-8-20(17)32-14-18-9-10-25-23(26-18)19-5-3-4-6-21(19)31-2/h3-11,13,22H,12,14H2,1-2H3,(H,29,30). The van der Waals surface area contributed by atoms with E-state index in [9.17, 15) is 19.5 Å². The van der Waals surface area contributed by atoms with Crippen molar-refractivity contribution in [3.63, 3.8) is 0 Å². The van der Waals surface area contributed by atoms with Crippen LogP contribution in [0.2, 0.25) is 0 Å². The summed E-state index contributed by atoms with van der Waals surface area (Å²) in [5, 5.41) is 9.38. The molecular formula is C24H22N2O7. The quantitative estimate of drug-likeness (QED) is 0.366. The molecule has 0 aliphatic rings. The van der Waals surface area contributed by atoms with Crippen molar-refractivity contribution in [2.24, 2.45) is 0 Å². The molecule has 2 aromatic carbocycles. The van der Waals surface area contributed by atoms with E-state index in [0.717, 1.165) is 12.5 Å². The number of benzene rings is 2. The number of ether oxygens (including phenoxy) is 3. The van der Waals surface area contributed by atoms with Crippen LogP contribution in [0.1, 0.15) is 28.5 Å². The number of hydrogen-bond donors (Lipinski definition) is 1. The smallest absolute Gasteiger partial charge is 0.345 e. The van der Waals surface area contributed by atoms with Crippen molar-refractivity contribution in [1.29, 1.82) is 0 Å². The number of esters is 1. The van der Waals surface area contributed by atoms with Crippen LogP contribution in [-0.4, -0.2) is 46.5 Å². The van der Waals surface area contributed by atoms with Crippen LogP contribution in [0.15, 0.2) is 54.7 Å². The Morgan fingerprint density at radius 2 is 1.91 bits per heavy atom. The van der Waals surface area contributed by atoms with Gasteiger partial charge in [-0.1, -0.05) is 12.1 Å². The SMILES string of the molecule is COc1ccccc1-c1nccc(COc2ccc(C=O)cc2CC(OC(C)=O)C(=O)O)n1. The normalized spacial score (nSPS) is 11.3. The number of para-hydroxylation sites is 1. The Kier molecular flexibility index (Phi) is 7.69. The fourth-order valence-corrected chi connectivity index (χ4v) is 3.14. The van der Waals surface area contributed by atoms with Crippen LogP contribution in [0.4, 0.5) is 0 Å². The second-order valence-corrected chi connectivity index (χ2v) is 6.99. The van der Waals surface area contributed by atoms with E-state index in [-0.39, 0.29) is 13.0 Å². The summed E-state index contributed by atoms with van der Waals surface area (Å²) in [7, 11) is 1.57. The minimum absolute atomic E-state index is 0.0589. The van der Waals surface area contributed by atoms with Crippen molar-refractivity contribution < 1.29 is 33.7 Å². The summed E-state index contributed by atoms with van der Waals surface area (Å²) in [6.07, 6.45) is 0.661. The molecule has 9 nitrogen and oxygen atoms in total. The third-order valence-corrected chi connectivity index (χ3v) is 4.65. The predicted octanol–water partition coefficient (Wildman–Crippen LogP) is 3.10. The average Bonchev–Trinajstić information content (AvgIpc) is 2.82. The minimum atomic E-state index is -1.41. The van der Waals surface area contributed by atoms with Crippen LogP contribution in [0.25, 0.3) is 11.4 Å². The molecule has 1 aromatic heterocycles. The molecule has 33 heavy (non-hydrogen) atoms. The summed E-state index contributed by atoms with van der Waals surface area (Å²) in [6, 6.07) is 13.7. The molecule has 1 unspecified atom stereocenters. The molecule has 0 saturated carbocycles. The van der Waals surface area contributed by atoms with Gasteiger partial charge in [0.1, 0.15) is 24.4 Å². The number of carbonyl (C=O) groups excluding carboxylic acids is 2. The third kappa shape index (κ3) is 6.13. The molecule has 0 aliphatic carbocycles. The van der Waals surface area contributed by atoms with Crippen LogP contribution in [0, 0.1) is 0 Å². The van der Waals surface area contributed by atoms with Gasteiger partial charge in [-0.2, -0.15) is 0 Å². The van der Waals surface area contributed by atoms with E-state index in [1.807, 2.05) is 24.3 Å². The zero-order valence-electron chi connectivity index (χ0n) is 18.1. The summed E-state index contributed by atoms with van der Waals surface area (Å²) in [5.41, 5.74) is 2.05. The number of aliphatic carboxylic acids is 1. The van der Waals surface area contributed by atoms with Gasteiger partial charge in [0.15, 0.2) is 5.82 Å². The largest absolute Gasteiger partial charge is 0.496 e. The van der Waals surface area contributed by atoms with E-state index < -0.39 is 18.0 Å². The number of aromatic nitrogens is 2. The van der Waals surface area contributed by atoms with Crippen molar-refractivity contribution in [3.05, 3.63) is 71.5 Å². The molecule has 0 spiro atoms. The Balaban J connectivity index is 1.83. The first-order chi connectivity index (χ1) is 15.9. The second-order valence-electron chi connectivity index (χ2n) is 6.99. The maximum atomic E-state index is 11.5. The van der Waals surface area contributed by atoms with Crippen LogP contribution in [-0.2, 0) is 27.4 Å². The monoisotopic (exact) mass is 450 g/mol. The van der Waals surface area contributed by atoms with Crippen LogP contribution >= 0.6 is 0 Å². The number of carbonyl (C=O) groups is 3. The van der Waals surface area contributed by atoms with Crippen molar-refractivity contribution in [1.82, 2.24) is 9.97 Å². The molecule has 0 amide bonds. The van der Waals surface area contributed by atoms with Crippen LogP contribution in [0.5, 0.6) is 11.5 Å². The number of rotatable bonds is 10. The lowest BCUT2D eigenvalue weighted by atomic mass is 10.0. The van der Waals surface area contributed by atoms with Gasteiger partial charge < -0.3 is 19.3 Å². The Labute approximate surface area is 190 Å². The predicted molar refractivity (Wildman–Crippen MR) is 117 cm³/mol. The molecule has 3 aromatic rings. The van der Waals surface area contributed by atoms with E-state index in [4.69, 9.17) is 14.2 Å². The summed E-state index contributed by atoms with van der Waals surface area (Å²) >= 11 is 0. The Morgan fingerprint density at radius 3 is 2.61 bits per heavy atom. The lowest BCUT2D eigenvalue weighted by Gasteiger charge is -2.16. The Hall–Kier alpha value is -4.27. The summed E-state index contributed by atoms with van der Waals surface area (Å²) in [5.74, 6) is -0.582. The molecule has 9 heteroatoms. The molecule has 0 radical (unpaired) electrons. The number of hydrogen-bond acceptors (Lipinski definition) is 8. The van der Waals surface area contributed by atoms with Crippen LogP contribution in [0.3, 0.4) is 0 Å². The molecule has 3 rings (SSSR count). The van der Waals surface area contributed by atoms with E-state index in [0.29, 0.717) is 40.4 Å². The van der Waals surface area contributed by atoms with Gasteiger partial charge in [-0.05, 0) is 42.0 Å². The van der Waals surface area contributed by atoms with Gasteiger partial charge in [-0.3, -0.25) is 9.59 Å². The molecular weight excluding hydrogens is 428 g/mol. The van der Waals surface area contributed by atoms with Crippen molar-refractivity contribution in [3.8, 4) is 22.9 Å². The van der Waals surface area contributed by atoms with Crippen molar-refractivity contribution >= 4 is 18.2 Å². The topological polar surface area (TPSA) is 125 Å².